The minimum atomic E-state index is -0.762. The molecule has 0 radical (unpaired) electrons. The zero-order valence-corrected chi connectivity index (χ0v) is 15.8. The van der Waals surface area contributed by atoms with Crippen LogP contribution in [0.5, 0.6) is 0 Å². The first-order valence-electron chi connectivity index (χ1n) is 8.42. The fraction of sp³-hybridized carbons (Fsp3) is 0.235. The number of nitrogens with zero attached hydrogens (tertiary/aromatic N) is 3. The van der Waals surface area contributed by atoms with Gasteiger partial charge in [0.2, 0.25) is 0 Å². The highest BCUT2D eigenvalue weighted by atomic mass is 35.5. The first-order chi connectivity index (χ1) is 13.3. The topological polar surface area (TPSA) is 195 Å². The molecule has 0 fully saturated rings. The lowest BCUT2D eigenvalue weighted by Crippen LogP contribution is -2.33. The largest absolute Gasteiger partial charge is 0.384 e. The van der Waals surface area contributed by atoms with E-state index >= 15 is 0 Å². The maximum Gasteiger partial charge on any atom is 0.302 e. The van der Waals surface area contributed by atoms with Crippen LogP contribution in [-0.2, 0) is 6.42 Å². The van der Waals surface area contributed by atoms with Gasteiger partial charge in [-0.05, 0) is 24.8 Å². The van der Waals surface area contributed by atoms with E-state index in [-0.39, 0.29) is 34.3 Å². The number of benzene rings is 1. The normalized spacial score (nSPS) is 11.2. The highest BCUT2D eigenvalue weighted by molar-refractivity contribution is 6.31. The zero-order valence-electron chi connectivity index (χ0n) is 15.1. The van der Waals surface area contributed by atoms with Crippen LogP contribution in [-0.4, -0.2) is 34.2 Å². The van der Waals surface area contributed by atoms with Gasteiger partial charge in [0.05, 0.1) is 0 Å². The van der Waals surface area contributed by atoms with Crippen LogP contribution in [0.3, 0.4) is 0 Å². The van der Waals surface area contributed by atoms with Crippen molar-refractivity contribution in [2.75, 3.05) is 18.0 Å². The number of carbonyl (C=O) groups excluding carboxylic acids is 1. The maximum atomic E-state index is 12.1. The number of hydrogen-bond donors (Lipinski definition) is 6. The molecule has 1 amide bonds. The molecule has 0 spiro atoms. The van der Waals surface area contributed by atoms with Crippen LogP contribution in [0, 0.1) is 5.41 Å². The number of rotatable bonds is 7. The number of carbonyl (C=O) groups is 1. The fourth-order valence-corrected chi connectivity index (χ4v) is 2.45. The van der Waals surface area contributed by atoms with E-state index < -0.39 is 5.91 Å². The number of nitrogen functional groups attached to an aromatic ring is 3. The van der Waals surface area contributed by atoms with E-state index in [1.165, 1.54) is 0 Å². The van der Waals surface area contributed by atoms with Gasteiger partial charge in [0, 0.05) is 12.1 Å². The third-order valence-electron chi connectivity index (χ3n) is 3.79. The molecule has 0 atom stereocenters. The molecule has 2 aromatic rings. The number of aryl methyl sites for hydroxylation is 1. The average molecular weight is 404 g/mol. The van der Waals surface area contributed by atoms with Gasteiger partial charge in [-0.15, -0.1) is 0 Å². The highest BCUT2D eigenvalue weighted by Crippen LogP contribution is 2.17. The molecular weight excluding hydrogens is 382 g/mol. The molecule has 1 aromatic carbocycles. The molecule has 0 bridgehead atoms. The molecule has 0 unspecified atom stereocenters. The quantitative estimate of drug-likeness (QED) is 0.220. The van der Waals surface area contributed by atoms with Crippen molar-refractivity contribution in [3.63, 3.8) is 0 Å². The van der Waals surface area contributed by atoms with Crippen molar-refractivity contribution in [3.05, 3.63) is 46.2 Å². The predicted octanol–water partition coefficient (Wildman–Crippen LogP) is 0.646. The van der Waals surface area contributed by atoms with E-state index in [9.17, 15) is 4.79 Å². The molecule has 148 valence electrons. The SMILES string of the molecule is N=C(N)c1ccc(CCCCNC(N)=NC(=O)c2nc(Cl)c(N)nc2N)cc1. The summed E-state index contributed by atoms with van der Waals surface area (Å²) in [6.07, 6.45) is 2.58. The Morgan fingerprint density at radius 3 is 2.43 bits per heavy atom. The minimum Gasteiger partial charge on any atom is -0.384 e. The summed E-state index contributed by atoms with van der Waals surface area (Å²) < 4.78 is 0. The second kappa shape index (κ2) is 9.51. The maximum absolute atomic E-state index is 12.1. The number of nitrogens with one attached hydrogen (secondary N) is 2. The number of aromatic nitrogens is 2. The van der Waals surface area contributed by atoms with Crippen LogP contribution >= 0.6 is 11.6 Å². The molecule has 11 heteroatoms. The number of amides is 1. The van der Waals surface area contributed by atoms with Crippen molar-refractivity contribution in [2.24, 2.45) is 16.5 Å². The molecular formula is C17H22ClN9O. The van der Waals surface area contributed by atoms with Crippen LogP contribution in [0.2, 0.25) is 5.15 Å². The second-order valence-electron chi connectivity index (χ2n) is 5.93. The van der Waals surface area contributed by atoms with Gasteiger partial charge < -0.3 is 28.3 Å². The van der Waals surface area contributed by atoms with Crippen molar-refractivity contribution >= 4 is 40.9 Å². The van der Waals surface area contributed by atoms with Gasteiger partial charge in [-0.1, -0.05) is 35.9 Å². The van der Waals surface area contributed by atoms with E-state index in [1.54, 1.807) is 0 Å². The molecule has 1 aromatic heterocycles. The number of unbranched alkanes of at least 4 members (excludes halogenated alkanes) is 1. The number of hydrogen-bond acceptors (Lipinski definition) is 6. The lowest BCUT2D eigenvalue weighted by molar-refractivity contribution is 0.0998. The van der Waals surface area contributed by atoms with Crippen molar-refractivity contribution in [3.8, 4) is 0 Å². The third-order valence-corrected chi connectivity index (χ3v) is 4.07. The number of nitrogens with two attached hydrogens (primary N) is 4. The summed E-state index contributed by atoms with van der Waals surface area (Å²) in [6.45, 7) is 0.539. The Hall–Kier alpha value is -3.40. The van der Waals surface area contributed by atoms with Crippen LogP contribution in [0.25, 0.3) is 0 Å². The Morgan fingerprint density at radius 2 is 1.79 bits per heavy atom. The minimum absolute atomic E-state index is 0.0500. The Morgan fingerprint density at radius 1 is 1.11 bits per heavy atom. The van der Waals surface area contributed by atoms with Crippen molar-refractivity contribution in [1.29, 1.82) is 5.41 Å². The average Bonchev–Trinajstić information content (AvgIpc) is 2.64. The standard InChI is InChI=1S/C17H22ClN9O/c18-12-15(22)26-14(21)11(25-12)16(28)27-17(23)24-8-2-1-3-9-4-6-10(7-5-9)13(19)20/h4-7H,1-3,8H2,(H3,19,20)(H4,21,22,26)(H3,23,24,27,28). The van der Waals surface area contributed by atoms with E-state index in [1.807, 2.05) is 24.3 Å². The summed E-state index contributed by atoms with van der Waals surface area (Å²) in [7, 11) is 0. The molecule has 2 rings (SSSR count). The van der Waals surface area contributed by atoms with Crippen molar-refractivity contribution in [1.82, 2.24) is 15.3 Å². The van der Waals surface area contributed by atoms with Gasteiger partial charge in [-0.2, -0.15) is 4.99 Å². The predicted molar refractivity (Wildman–Crippen MR) is 110 cm³/mol. The van der Waals surface area contributed by atoms with E-state index in [2.05, 4.69) is 20.3 Å². The number of anilines is 2. The Kier molecular flexibility index (Phi) is 7.10. The van der Waals surface area contributed by atoms with Crippen LogP contribution in [0.1, 0.15) is 34.5 Å². The Bertz CT molecular complexity index is 896. The third kappa shape index (κ3) is 5.81. The van der Waals surface area contributed by atoms with Crippen LogP contribution in [0.4, 0.5) is 11.6 Å². The summed E-state index contributed by atoms with van der Waals surface area (Å²) >= 11 is 5.74. The van der Waals surface area contributed by atoms with Crippen LogP contribution < -0.4 is 28.3 Å². The van der Waals surface area contributed by atoms with E-state index in [0.717, 1.165) is 24.8 Å². The summed E-state index contributed by atoms with van der Waals surface area (Å²) in [5, 5.41) is 10.1. The fourth-order valence-electron chi connectivity index (χ4n) is 2.32. The van der Waals surface area contributed by atoms with Gasteiger partial charge >= 0.3 is 5.91 Å². The van der Waals surface area contributed by atoms with Crippen LogP contribution in [0.15, 0.2) is 29.3 Å². The number of halogens is 1. The van der Waals surface area contributed by atoms with Gasteiger partial charge in [-0.3, -0.25) is 10.2 Å². The zero-order chi connectivity index (χ0) is 20.7. The van der Waals surface area contributed by atoms with E-state index in [4.69, 9.17) is 39.9 Å². The molecule has 10 nitrogen and oxygen atoms in total. The van der Waals surface area contributed by atoms with Gasteiger partial charge in [-0.25, -0.2) is 9.97 Å². The smallest absolute Gasteiger partial charge is 0.302 e. The lowest BCUT2D eigenvalue weighted by atomic mass is 10.1. The van der Waals surface area contributed by atoms with Crippen molar-refractivity contribution in [2.45, 2.75) is 19.3 Å². The van der Waals surface area contributed by atoms with Gasteiger partial charge in [0.15, 0.2) is 28.4 Å². The van der Waals surface area contributed by atoms with Gasteiger partial charge in [0.1, 0.15) is 5.84 Å². The lowest BCUT2D eigenvalue weighted by Gasteiger charge is -2.07. The Labute approximate surface area is 166 Å². The summed E-state index contributed by atoms with van der Waals surface area (Å²) in [5.74, 6) is -0.998. The molecule has 0 saturated carbocycles. The molecule has 0 aliphatic heterocycles. The Balaban J connectivity index is 1.78. The summed E-state index contributed by atoms with van der Waals surface area (Å²) in [6, 6.07) is 7.54. The summed E-state index contributed by atoms with van der Waals surface area (Å²) in [5.41, 5.74) is 23.8. The summed E-state index contributed by atoms with van der Waals surface area (Å²) in [4.78, 5) is 23.3. The molecule has 28 heavy (non-hydrogen) atoms. The first-order valence-corrected chi connectivity index (χ1v) is 8.80. The number of aliphatic imine (C=N–C) groups is 1. The monoisotopic (exact) mass is 403 g/mol. The number of amidine groups is 1. The molecule has 1 heterocycles. The molecule has 0 saturated heterocycles. The van der Waals surface area contributed by atoms with E-state index in [0.29, 0.717) is 12.1 Å². The number of guanidine groups is 1. The molecule has 10 N–H and O–H groups in total. The van der Waals surface area contributed by atoms with Gasteiger partial charge in [0.25, 0.3) is 0 Å². The molecule has 0 aliphatic carbocycles. The molecule has 0 aliphatic rings. The first kappa shape index (κ1) is 20.9. The highest BCUT2D eigenvalue weighted by Gasteiger charge is 2.15. The van der Waals surface area contributed by atoms with Crippen molar-refractivity contribution < 1.29 is 4.79 Å². The second-order valence-corrected chi connectivity index (χ2v) is 6.29.